The van der Waals surface area contributed by atoms with Crippen molar-refractivity contribution in [1.82, 2.24) is 29.5 Å². The second-order valence-electron chi connectivity index (χ2n) is 10.4. The number of rotatable bonds is 7. The molecule has 12 heteroatoms. The van der Waals surface area contributed by atoms with Crippen LogP contribution in [-0.4, -0.2) is 46.7 Å². The summed E-state index contributed by atoms with van der Waals surface area (Å²) in [6.07, 6.45) is 6.54. The topological polar surface area (TPSA) is 102 Å². The predicted octanol–water partition coefficient (Wildman–Crippen LogP) is 7.79. The van der Waals surface area contributed by atoms with E-state index in [1.807, 2.05) is 41.1 Å². The minimum Gasteiger partial charge on any atom is -0.423 e. The Kier molecular flexibility index (Phi) is 16.1. The summed E-state index contributed by atoms with van der Waals surface area (Å²) in [7, 11) is -1.34. The number of nitrogens with zero attached hydrogens (tertiary/aromatic N) is 6. The molecule has 0 fully saturated rings. The normalized spacial score (nSPS) is 9.98. The Bertz CT molecular complexity index is 1910. The molecular weight excluding hydrogens is 811 g/mol. The molecular formula is C37H34BBr3N6O2. The monoisotopic (exact) mass is 842 g/mol. The number of halogens is 3. The molecule has 0 aliphatic carbocycles. The van der Waals surface area contributed by atoms with Crippen LogP contribution in [-0.2, 0) is 18.4 Å². The van der Waals surface area contributed by atoms with E-state index in [1.54, 1.807) is 47.9 Å². The van der Waals surface area contributed by atoms with E-state index in [9.17, 15) is 0 Å². The van der Waals surface area contributed by atoms with Crippen LogP contribution in [0, 0.1) is 0 Å². The van der Waals surface area contributed by atoms with Crippen molar-refractivity contribution >= 4 is 60.4 Å². The molecule has 0 spiro atoms. The van der Waals surface area contributed by atoms with E-state index in [0.29, 0.717) is 5.46 Å². The number of alkyl halides is 1. The maximum Gasteiger partial charge on any atom is 0.488 e. The van der Waals surface area contributed by atoms with Gasteiger partial charge in [0.2, 0.25) is 0 Å². The molecule has 0 radical (unpaired) electrons. The third-order valence-electron chi connectivity index (χ3n) is 6.69. The van der Waals surface area contributed by atoms with Gasteiger partial charge in [0.15, 0.2) is 0 Å². The molecule has 8 nitrogen and oxygen atoms in total. The summed E-state index contributed by atoms with van der Waals surface area (Å²) in [5.74, 6) is 0. The van der Waals surface area contributed by atoms with Crippen LogP contribution < -0.4 is 5.46 Å². The van der Waals surface area contributed by atoms with Crippen LogP contribution in [0.2, 0.25) is 0 Å². The van der Waals surface area contributed by atoms with E-state index in [-0.39, 0.29) is 0 Å². The quantitative estimate of drug-likeness (QED) is 0.126. The van der Waals surface area contributed by atoms with Crippen LogP contribution in [0.1, 0.15) is 16.7 Å². The first-order chi connectivity index (χ1) is 23.9. The molecule has 49 heavy (non-hydrogen) atoms. The van der Waals surface area contributed by atoms with E-state index >= 15 is 0 Å². The highest BCUT2D eigenvalue weighted by Gasteiger charge is 2.07. The first kappa shape index (κ1) is 37.6. The molecule has 248 valence electrons. The molecule has 7 aromatic rings. The van der Waals surface area contributed by atoms with Gasteiger partial charge in [-0.1, -0.05) is 151 Å². The van der Waals surface area contributed by atoms with Crippen LogP contribution in [0.25, 0.3) is 11.1 Å². The Labute approximate surface area is 312 Å². The van der Waals surface area contributed by atoms with Crippen LogP contribution in [0.4, 0.5) is 0 Å². The summed E-state index contributed by atoms with van der Waals surface area (Å²) in [6, 6.07) is 43.9. The lowest BCUT2D eigenvalue weighted by molar-refractivity contribution is 0.426. The summed E-state index contributed by atoms with van der Waals surface area (Å²) in [5, 5.41) is 26.2. The van der Waals surface area contributed by atoms with E-state index in [4.69, 9.17) is 10.0 Å². The highest BCUT2D eigenvalue weighted by molar-refractivity contribution is 9.10. The number of benzene rings is 5. The van der Waals surface area contributed by atoms with Gasteiger partial charge < -0.3 is 10.0 Å². The average Bonchev–Trinajstić information content (AvgIpc) is 3.85. The minimum absolute atomic E-state index is 0.525. The van der Waals surface area contributed by atoms with Crippen molar-refractivity contribution < 1.29 is 10.0 Å². The molecule has 0 atom stereocenters. The SMILES string of the molecule is BrCc1cccc(Br)c1.Brc1cccc(Cn2cncn2)c1.OB(O)c1ccccc1.c1ccc(-c2cccc(Cn3cncn3)c2)cc1. The molecule has 0 amide bonds. The predicted molar refractivity (Wildman–Crippen MR) is 207 cm³/mol. The van der Waals surface area contributed by atoms with Gasteiger partial charge >= 0.3 is 7.12 Å². The summed E-state index contributed by atoms with van der Waals surface area (Å²) in [5.41, 5.74) is 6.72. The van der Waals surface area contributed by atoms with Crippen LogP contribution in [0.5, 0.6) is 0 Å². The van der Waals surface area contributed by atoms with Crippen molar-refractivity contribution in [3.05, 3.63) is 184 Å². The Morgan fingerprint density at radius 3 is 1.45 bits per heavy atom. The molecule has 0 bridgehead atoms. The zero-order valence-corrected chi connectivity index (χ0v) is 31.2. The van der Waals surface area contributed by atoms with Crippen LogP contribution in [0.3, 0.4) is 0 Å². The Hall–Kier alpha value is -4.20. The van der Waals surface area contributed by atoms with Gasteiger partial charge in [0.05, 0.1) is 13.1 Å². The van der Waals surface area contributed by atoms with Crippen molar-refractivity contribution in [2.24, 2.45) is 0 Å². The Morgan fingerprint density at radius 2 is 1.00 bits per heavy atom. The fourth-order valence-electron chi connectivity index (χ4n) is 4.36. The third-order valence-corrected chi connectivity index (χ3v) is 8.32. The molecule has 0 aliphatic rings. The lowest BCUT2D eigenvalue weighted by atomic mass is 9.81. The average molecular weight is 845 g/mol. The highest BCUT2D eigenvalue weighted by Crippen LogP contribution is 2.20. The van der Waals surface area contributed by atoms with E-state index in [1.165, 1.54) is 34.1 Å². The van der Waals surface area contributed by atoms with Gasteiger partial charge in [-0.3, -0.25) is 0 Å². The van der Waals surface area contributed by atoms with E-state index in [0.717, 1.165) is 27.4 Å². The minimum atomic E-state index is -1.34. The Balaban J connectivity index is 0.000000154. The lowest BCUT2D eigenvalue weighted by Gasteiger charge is -2.05. The second kappa shape index (κ2) is 21.0. The highest BCUT2D eigenvalue weighted by atomic mass is 79.9. The summed E-state index contributed by atoms with van der Waals surface area (Å²) in [4.78, 5) is 7.83. The summed E-state index contributed by atoms with van der Waals surface area (Å²) < 4.78 is 5.84. The fraction of sp³-hybridized carbons (Fsp3) is 0.0811. The van der Waals surface area contributed by atoms with Crippen molar-refractivity contribution in [1.29, 1.82) is 0 Å². The molecule has 5 aromatic carbocycles. The first-order valence-electron chi connectivity index (χ1n) is 15.1. The molecule has 2 heterocycles. The maximum atomic E-state index is 8.58. The summed E-state index contributed by atoms with van der Waals surface area (Å²) in [6.45, 7) is 1.51. The maximum absolute atomic E-state index is 8.58. The fourth-order valence-corrected chi connectivity index (χ4v) is 5.61. The smallest absolute Gasteiger partial charge is 0.423 e. The molecule has 2 aromatic heterocycles. The van der Waals surface area contributed by atoms with E-state index < -0.39 is 7.12 Å². The van der Waals surface area contributed by atoms with Gasteiger partial charge in [-0.15, -0.1) is 0 Å². The third kappa shape index (κ3) is 14.1. The zero-order valence-electron chi connectivity index (χ0n) is 26.4. The van der Waals surface area contributed by atoms with Gasteiger partial charge in [-0.25, -0.2) is 19.3 Å². The van der Waals surface area contributed by atoms with Gasteiger partial charge in [0.1, 0.15) is 25.3 Å². The van der Waals surface area contributed by atoms with Crippen molar-refractivity contribution in [3.8, 4) is 11.1 Å². The van der Waals surface area contributed by atoms with Crippen LogP contribution >= 0.6 is 47.8 Å². The van der Waals surface area contributed by atoms with Gasteiger partial charge in [-0.2, -0.15) is 10.2 Å². The van der Waals surface area contributed by atoms with Gasteiger partial charge in [0.25, 0.3) is 0 Å². The number of aromatic nitrogens is 6. The molecule has 0 aliphatic heterocycles. The zero-order chi connectivity index (χ0) is 34.7. The van der Waals surface area contributed by atoms with Crippen molar-refractivity contribution in [3.63, 3.8) is 0 Å². The van der Waals surface area contributed by atoms with Gasteiger partial charge in [-0.05, 0) is 63.6 Å². The first-order valence-corrected chi connectivity index (χ1v) is 17.9. The van der Waals surface area contributed by atoms with Crippen LogP contribution in [0.15, 0.2) is 168 Å². The van der Waals surface area contributed by atoms with Crippen molar-refractivity contribution in [2.75, 3.05) is 0 Å². The Morgan fingerprint density at radius 1 is 0.531 bits per heavy atom. The second-order valence-corrected chi connectivity index (χ2v) is 12.8. The molecule has 0 unspecified atom stereocenters. The molecule has 7 rings (SSSR count). The van der Waals surface area contributed by atoms with Crippen molar-refractivity contribution in [2.45, 2.75) is 18.4 Å². The number of hydrogen-bond donors (Lipinski definition) is 2. The molecule has 0 saturated heterocycles. The lowest BCUT2D eigenvalue weighted by Crippen LogP contribution is -2.29. The molecule has 0 saturated carbocycles. The van der Waals surface area contributed by atoms with E-state index in [2.05, 4.69) is 141 Å². The largest absolute Gasteiger partial charge is 0.488 e. The number of hydrogen-bond acceptors (Lipinski definition) is 6. The summed E-state index contributed by atoms with van der Waals surface area (Å²) >= 11 is 10.2. The van der Waals surface area contributed by atoms with Gasteiger partial charge in [0, 0.05) is 14.3 Å². The molecule has 2 N–H and O–H groups in total. The standard InChI is InChI=1S/C15H13N3.C9H8BrN3.C7H6Br2.C6H7BO2/c1-2-6-14(7-3-1)15-8-4-5-13(9-15)10-18-12-16-11-17-18;10-9-3-1-2-8(4-9)5-13-7-11-6-12-13;8-5-6-2-1-3-7(9)4-6;8-7(9)6-4-2-1-3-5-6/h1-9,11-12H,10H2;1-4,6-7H,5H2;1-4H,5H2;1-5,8-9H.